The minimum atomic E-state index is -0.540. The van der Waals surface area contributed by atoms with Gasteiger partial charge in [0.15, 0.2) is 0 Å². The second kappa shape index (κ2) is 5.94. The van der Waals surface area contributed by atoms with E-state index in [0.717, 1.165) is 9.15 Å². The summed E-state index contributed by atoms with van der Waals surface area (Å²) in [6.07, 6.45) is 1.56. The Morgan fingerprint density at radius 2 is 1.95 bits per heavy atom. The monoisotopic (exact) mass is 359 g/mol. The van der Waals surface area contributed by atoms with Gasteiger partial charge in [-0.05, 0) is 40.2 Å². The van der Waals surface area contributed by atoms with Crippen molar-refractivity contribution in [2.24, 2.45) is 0 Å². The maximum Gasteiger partial charge on any atom is 0.348 e. The number of aromatic amines is 1. The first-order valence-corrected chi connectivity index (χ1v) is 7.10. The zero-order valence-corrected chi connectivity index (χ0v) is 12.7. The SMILES string of the molecule is O=C(Nc1ccc(Br)cn1)c1nn(-c2ccccc2)c(=O)[nH]1. The predicted molar refractivity (Wildman–Crippen MR) is 84.1 cm³/mol. The van der Waals surface area contributed by atoms with Gasteiger partial charge in [-0.2, -0.15) is 4.68 Å². The summed E-state index contributed by atoms with van der Waals surface area (Å²) in [7, 11) is 0. The molecule has 0 unspecified atom stereocenters. The lowest BCUT2D eigenvalue weighted by Crippen LogP contribution is -2.16. The highest BCUT2D eigenvalue weighted by molar-refractivity contribution is 9.10. The van der Waals surface area contributed by atoms with Gasteiger partial charge in [0.25, 0.3) is 5.91 Å². The fraction of sp³-hybridized carbons (Fsp3) is 0. The topological polar surface area (TPSA) is 92.7 Å². The number of hydrogen-bond acceptors (Lipinski definition) is 4. The molecule has 3 rings (SSSR count). The van der Waals surface area contributed by atoms with Crippen molar-refractivity contribution in [2.75, 3.05) is 5.32 Å². The Kier molecular flexibility index (Phi) is 3.84. The Hall–Kier alpha value is -2.74. The van der Waals surface area contributed by atoms with Gasteiger partial charge < -0.3 is 5.32 Å². The number of pyridine rings is 1. The molecular formula is C14H10BrN5O2. The van der Waals surface area contributed by atoms with Crippen molar-refractivity contribution in [1.29, 1.82) is 0 Å². The quantitative estimate of drug-likeness (QED) is 0.747. The van der Waals surface area contributed by atoms with Gasteiger partial charge in [0.2, 0.25) is 5.82 Å². The van der Waals surface area contributed by atoms with Crippen LogP contribution < -0.4 is 11.0 Å². The van der Waals surface area contributed by atoms with Crippen molar-refractivity contribution in [3.05, 3.63) is 69.4 Å². The molecule has 8 heteroatoms. The third-order valence-electron chi connectivity index (χ3n) is 2.80. The molecule has 0 atom stereocenters. The molecule has 0 fully saturated rings. The molecular weight excluding hydrogens is 350 g/mol. The highest BCUT2D eigenvalue weighted by Gasteiger charge is 2.14. The van der Waals surface area contributed by atoms with Crippen LogP contribution in [-0.4, -0.2) is 25.7 Å². The van der Waals surface area contributed by atoms with Crippen molar-refractivity contribution in [3.8, 4) is 5.69 Å². The molecule has 2 heterocycles. The highest BCUT2D eigenvalue weighted by Crippen LogP contribution is 2.11. The maximum atomic E-state index is 12.1. The summed E-state index contributed by atoms with van der Waals surface area (Å²) in [5.74, 6) is -0.261. The predicted octanol–water partition coefficient (Wildman–Crippen LogP) is 1.97. The molecule has 7 nitrogen and oxygen atoms in total. The van der Waals surface area contributed by atoms with Gasteiger partial charge in [0.1, 0.15) is 5.82 Å². The van der Waals surface area contributed by atoms with E-state index in [-0.39, 0.29) is 5.82 Å². The van der Waals surface area contributed by atoms with E-state index in [2.05, 4.69) is 36.3 Å². The first kappa shape index (κ1) is 14.2. The average molecular weight is 360 g/mol. The minimum Gasteiger partial charge on any atom is -0.304 e. The number of amides is 1. The number of rotatable bonds is 3. The van der Waals surface area contributed by atoms with Crippen LogP contribution in [0.15, 0.2) is 57.9 Å². The van der Waals surface area contributed by atoms with Gasteiger partial charge in [0.05, 0.1) is 5.69 Å². The van der Waals surface area contributed by atoms with Crippen molar-refractivity contribution < 1.29 is 4.79 Å². The summed E-state index contributed by atoms with van der Waals surface area (Å²) in [6, 6.07) is 12.2. The van der Waals surface area contributed by atoms with E-state index < -0.39 is 11.6 Å². The van der Waals surface area contributed by atoms with Gasteiger partial charge in [0, 0.05) is 10.7 Å². The van der Waals surface area contributed by atoms with Crippen LogP contribution >= 0.6 is 15.9 Å². The number of carbonyl (C=O) groups is 1. The summed E-state index contributed by atoms with van der Waals surface area (Å²) in [5.41, 5.74) is 0.0877. The molecule has 0 aliphatic heterocycles. The first-order valence-electron chi connectivity index (χ1n) is 6.31. The maximum absolute atomic E-state index is 12.1. The fourth-order valence-electron chi connectivity index (χ4n) is 1.80. The molecule has 22 heavy (non-hydrogen) atoms. The van der Waals surface area contributed by atoms with Crippen molar-refractivity contribution in [2.45, 2.75) is 0 Å². The first-order chi connectivity index (χ1) is 10.6. The number of hydrogen-bond donors (Lipinski definition) is 2. The molecule has 1 aromatic carbocycles. The van der Waals surface area contributed by atoms with Gasteiger partial charge in [-0.25, -0.2) is 9.78 Å². The normalized spacial score (nSPS) is 10.4. The second-order valence-electron chi connectivity index (χ2n) is 4.34. The van der Waals surface area contributed by atoms with Gasteiger partial charge in [-0.15, -0.1) is 5.10 Å². The zero-order valence-electron chi connectivity index (χ0n) is 11.2. The smallest absolute Gasteiger partial charge is 0.304 e. The van der Waals surface area contributed by atoms with Crippen LogP contribution in [0.1, 0.15) is 10.6 Å². The molecule has 0 radical (unpaired) electrons. The molecule has 0 saturated heterocycles. The molecule has 0 spiro atoms. The van der Waals surface area contributed by atoms with Gasteiger partial charge in [-0.1, -0.05) is 18.2 Å². The van der Waals surface area contributed by atoms with E-state index in [1.165, 1.54) is 0 Å². The van der Waals surface area contributed by atoms with Crippen LogP contribution in [0, 0.1) is 0 Å². The lowest BCUT2D eigenvalue weighted by Gasteiger charge is -2.01. The van der Waals surface area contributed by atoms with E-state index >= 15 is 0 Å². The summed E-state index contributed by atoms with van der Waals surface area (Å²) >= 11 is 3.26. The standard InChI is InChI=1S/C14H10BrN5O2/c15-9-6-7-11(16-8-9)17-13(21)12-18-14(22)20(19-12)10-4-2-1-3-5-10/h1-8H,(H,16,17,21)(H,18,19,22). The van der Waals surface area contributed by atoms with Crippen LogP contribution in [0.4, 0.5) is 5.82 Å². The highest BCUT2D eigenvalue weighted by atomic mass is 79.9. The molecule has 0 aliphatic carbocycles. The minimum absolute atomic E-state index is 0.0847. The Morgan fingerprint density at radius 1 is 1.18 bits per heavy atom. The van der Waals surface area contributed by atoms with Crippen LogP contribution in [0.25, 0.3) is 5.69 Å². The van der Waals surface area contributed by atoms with Gasteiger partial charge in [-0.3, -0.25) is 9.78 Å². The van der Waals surface area contributed by atoms with Crippen molar-refractivity contribution in [3.63, 3.8) is 0 Å². The largest absolute Gasteiger partial charge is 0.348 e. The molecule has 3 aromatic rings. The Morgan fingerprint density at radius 3 is 2.64 bits per heavy atom. The third kappa shape index (κ3) is 2.96. The number of para-hydroxylation sites is 1. The van der Waals surface area contributed by atoms with Crippen LogP contribution in [0.3, 0.4) is 0 Å². The van der Waals surface area contributed by atoms with E-state index in [0.29, 0.717) is 11.5 Å². The summed E-state index contributed by atoms with van der Waals surface area (Å²) in [4.78, 5) is 30.4. The molecule has 2 aromatic heterocycles. The van der Waals surface area contributed by atoms with E-state index in [9.17, 15) is 9.59 Å². The fourth-order valence-corrected chi connectivity index (χ4v) is 2.03. The Labute approximate surface area is 133 Å². The summed E-state index contributed by atoms with van der Waals surface area (Å²) in [5, 5.41) is 6.55. The van der Waals surface area contributed by atoms with Crippen molar-refractivity contribution in [1.82, 2.24) is 19.7 Å². The number of carbonyl (C=O) groups excluding carboxylic acids is 1. The number of aromatic nitrogens is 4. The average Bonchev–Trinajstić information content (AvgIpc) is 2.92. The molecule has 0 aliphatic rings. The second-order valence-corrected chi connectivity index (χ2v) is 5.26. The van der Waals surface area contributed by atoms with Crippen LogP contribution in [0.2, 0.25) is 0 Å². The Bertz CT molecular complexity index is 855. The number of halogens is 1. The number of nitrogens with one attached hydrogen (secondary N) is 2. The number of nitrogens with zero attached hydrogens (tertiary/aromatic N) is 3. The van der Waals surface area contributed by atoms with Crippen molar-refractivity contribution >= 4 is 27.7 Å². The van der Waals surface area contributed by atoms with E-state index in [1.54, 1.807) is 42.6 Å². The molecule has 110 valence electrons. The summed E-state index contributed by atoms with van der Waals surface area (Å²) < 4.78 is 1.93. The van der Waals surface area contributed by atoms with Crippen LogP contribution in [0.5, 0.6) is 0 Å². The molecule has 1 amide bonds. The third-order valence-corrected chi connectivity index (χ3v) is 3.27. The van der Waals surface area contributed by atoms with E-state index in [1.807, 2.05) is 6.07 Å². The molecule has 0 bridgehead atoms. The number of anilines is 1. The Balaban J connectivity index is 1.85. The zero-order chi connectivity index (χ0) is 15.5. The summed E-state index contributed by atoms with van der Waals surface area (Å²) in [6.45, 7) is 0. The van der Waals surface area contributed by atoms with Gasteiger partial charge >= 0.3 is 5.69 Å². The molecule has 2 N–H and O–H groups in total. The lowest BCUT2D eigenvalue weighted by molar-refractivity contribution is 0.101. The number of H-pyrrole nitrogens is 1. The van der Waals surface area contributed by atoms with E-state index in [4.69, 9.17) is 0 Å². The van der Waals surface area contributed by atoms with Crippen LogP contribution in [-0.2, 0) is 0 Å². The number of benzene rings is 1. The molecule has 0 saturated carbocycles. The lowest BCUT2D eigenvalue weighted by atomic mass is 10.3.